The van der Waals surface area contributed by atoms with Crippen LogP contribution in [0.5, 0.6) is 0 Å². The molecule has 142 valence electrons. The highest BCUT2D eigenvalue weighted by molar-refractivity contribution is 5.80. The zero-order chi connectivity index (χ0) is 18.9. The standard InChI is InChI=1S/C20H29N3O3/c1-14-6-8-15(9-7-14)17(22(2)3)11-21-19(26)23-12-16-5-4-10-20(16,13-23)18(24)25/h6-9,16-17H,4-5,10-13H2,1-3H3,(H,21,26)(H,24,25)/t16-,17?,20+/m0/s1. The molecule has 1 aliphatic carbocycles. The average Bonchev–Trinajstić information content (AvgIpc) is 3.14. The molecular weight excluding hydrogens is 330 g/mol. The van der Waals surface area contributed by atoms with Gasteiger partial charge in [0.25, 0.3) is 0 Å². The summed E-state index contributed by atoms with van der Waals surface area (Å²) in [5, 5.41) is 12.7. The number of nitrogens with zero attached hydrogens (tertiary/aromatic N) is 2. The number of carboxylic acid groups (broad SMARTS) is 1. The van der Waals surface area contributed by atoms with Crippen LogP contribution < -0.4 is 5.32 Å². The highest BCUT2D eigenvalue weighted by atomic mass is 16.4. The molecule has 0 bridgehead atoms. The number of aryl methyl sites for hydroxylation is 1. The molecular formula is C20H29N3O3. The third-order valence-corrected chi connectivity index (χ3v) is 6.12. The molecule has 1 unspecified atom stereocenters. The van der Waals surface area contributed by atoms with Gasteiger partial charge in [0.1, 0.15) is 0 Å². The number of aliphatic carboxylic acids is 1. The van der Waals surface area contributed by atoms with Crippen molar-refractivity contribution >= 4 is 12.0 Å². The Labute approximate surface area is 155 Å². The summed E-state index contributed by atoms with van der Waals surface area (Å²) in [5.41, 5.74) is 1.63. The first-order valence-corrected chi connectivity index (χ1v) is 9.32. The van der Waals surface area contributed by atoms with Crippen LogP contribution >= 0.6 is 0 Å². The van der Waals surface area contributed by atoms with E-state index in [0.717, 1.165) is 18.4 Å². The number of nitrogens with one attached hydrogen (secondary N) is 1. The fourth-order valence-electron chi connectivity index (χ4n) is 4.48. The van der Waals surface area contributed by atoms with Crippen LogP contribution in [0, 0.1) is 18.3 Å². The molecule has 0 aromatic heterocycles. The van der Waals surface area contributed by atoms with Gasteiger partial charge in [-0.05, 0) is 45.3 Å². The Kier molecular flexibility index (Phi) is 5.23. The summed E-state index contributed by atoms with van der Waals surface area (Å²) in [4.78, 5) is 28.2. The molecule has 1 aromatic rings. The third kappa shape index (κ3) is 3.43. The number of carboxylic acids is 1. The molecule has 1 saturated heterocycles. The van der Waals surface area contributed by atoms with Gasteiger partial charge in [-0.1, -0.05) is 36.2 Å². The fraction of sp³-hybridized carbons (Fsp3) is 0.600. The number of fused-ring (bicyclic) bond motifs is 1. The van der Waals surface area contributed by atoms with Crippen molar-refractivity contribution in [1.29, 1.82) is 0 Å². The van der Waals surface area contributed by atoms with Crippen LogP contribution in [0.4, 0.5) is 4.79 Å². The lowest BCUT2D eigenvalue weighted by Crippen LogP contribution is -2.44. The van der Waals surface area contributed by atoms with E-state index in [1.165, 1.54) is 5.56 Å². The minimum absolute atomic E-state index is 0.0788. The first-order valence-electron chi connectivity index (χ1n) is 9.32. The lowest BCUT2D eigenvalue weighted by molar-refractivity contribution is -0.149. The Bertz CT molecular complexity index is 673. The van der Waals surface area contributed by atoms with Crippen molar-refractivity contribution in [2.24, 2.45) is 11.3 Å². The maximum Gasteiger partial charge on any atom is 0.317 e. The monoisotopic (exact) mass is 359 g/mol. The number of carbonyl (C=O) groups excluding carboxylic acids is 1. The fourth-order valence-corrected chi connectivity index (χ4v) is 4.48. The minimum Gasteiger partial charge on any atom is -0.481 e. The van der Waals surface area contributed by atoms with Crippen LogP contribution in [0.15, 0.2) is 24.3 Å². The van der Waals surface area contributed by atoms with Crippen LogP contribution in [0.25, 0.3) is 0 Å². The van der Waals surface area contributed by atoms with Crippen LogP contribution in [-0.4, -0.2) is 60.6 Å². The Hall–Kier alpha value is -2.08. The van der Waals surface area contributed by atoms with Gasteiger partial charge in [-0.25, -0.2) is 4.79 Å². The van der Waals surface area contributed by atoms with E-state index in [2.05, 4.69) is 41.4 Å². The number of rotatable bonds is 5. The van der Waals surface area contributed by atoms with Gasteiger partial charge in [-0.15, -0.1) is 0 Å². The maximum atomic E-state index is 12.7. The molecule has 6 heteroatoms. The molecule has 2 fully saturated rings. The summed E-state index contributed by atoms with van der Waals surface area (Å²) < 4.78 is 0. The largest absolute Gasteiger partial charge is 0.481 e. The van der Waals surface area contributed by atoms with Crippen LogP contribution in [0.2, 0.25) is 0 Å². The minimum atomic E-state index is -0.749. The smallest absolute Gasteiger partial charge is 0.317 e. The van der Waals surface area contributed by atoms with E-state index in [-0.39, 0.29) is 18.0 Å². The molecule has 1 saturated carbocycles. The second-order valence-electron chi connectivity index (χ2n) is 8.01. The number of amides is 2. The van der Waals surface area contributed by atoms with Crippen molar-refractivity contribution in [3.05, 3.63) is 35.4 Å². The van der Waals surface area contributed by atoms with Gasteiger partial charge in [0, 0.05) is 19.6 Å². The summed E-state index contributed by atoms with van der Waals surface area (Å²) in [6.07, 6.45) is 2.53. The Morgan fingerprint density at radius 3 is 2.62 bits per heavy atom. The number of carbonyl (C=O) groups is 2. The van der Waals surface area contributed by atoms with Gasteiger partial charge in [0.2, 0.25) is 0 Å². The maximum absolute atomic E-state index is 12.7. The summed E-state index contributed by atoms with van der Waals surface area (Å²) >= 11 is 0. The van der Waals surface area contributed by atoms with Crippen molar-refractivity contribution < 1.29 is 14.7 Å². The van der Waals surface area contributed by atoms with Crippen molar-refractivity contribution in [1.82, 2.24) is 15.1 Å². The molecule has 1 heterocycles. The summed E-state index contributed by atoms with van der Waals surface area (Å²) in [7, 11) is 3.99. The molecule has 26 heavy (non-hydrogen) atoms. The highest BCUT2D eigenvalue weighted by Crippen LogP contribution is 2.48. The van der Waals surface area contributed by atoms with Crippen molar-refractivity contribution in [2.75, 3.05) is 33.7 Å². The van der Waals surface area contributed by atoms with Gasteiger partial charge in [-0.2, -0.15) is 0 Å². The van der Waals surface area contributed by atoms with E-state index in [0.29, 0.717) is 26.1 Å². The Morgan fingerprint density at radius 1 is 1.35 bits per heavy atom. The number of hydrogen-bond acceptors (Lipinski definition) is 3. The molecule has 2 N–H and O–H groups in total. The van der Waals surface area contributed by atoms with Gasteiger partial charge >= 0.3 is 12.0 Å². The van der Waals surface area contributed by atoms with Gasteiger partial charge in [0.05, 0.1) is 11.5 Å². The molecule has 6 nitrogen and oxygen atoms in total. The summed E-state index contributed by atoms with van der Waals surface area (Å²) in [6.45, 7) is 3.43. The summed E-state index contributed by atoms with van der Waals surface area (Å²) in [5.74, 6) is -0.659. The molecule has 1 aliphatic heterocycles. The number of hydrogen-bond donors (Lipinski definition) is 2. The molecule has 0 spiro atoms. The van der Waals surface area contributed by atoms with Crippen molar-refractivity contribution in [2.45, 2.75) is 32.2 Å². The quantitative estimate of drug-likeness (QED) is 0.847. The zero-order valence-electron chi connectivity index (χ0n) is 15.9. The topological polar surface area (TPSA) is 72.9 Å². The van der Waals surface area contributed by atoms with E-state index >= 15 is 0 Å². The third-order valence-electron chi connectivity index (χ3n) is 6.12. The predicted molar refractivity (Wildman–Crippen MR) is 100.0 cm³/mol. The number of benzene rings is 1. The number of likely N-dealkylation sites (tertiary alicyclic amines) is 1. The van der Waals surface area contributed by atoms with Crippen LogP contribution in [0.3, 0.4) is 0 Å². The van der Waals surface area contributed by atoms with Gasteiger partial charge < -0.3 is 20.2 Å². The molecule has 2 amide bonds. The van der Waals surface area contributed by atoms with E-state index in [4.69, 9.17) is 0 Å². The van der Waals surface area contributed by atoms with Crippen molar-refractivity contribution in [3.63, 3.8) is 0 Å². The van der Waals surface area contributed by atoms with Crippen molar-refractivity contribution in [3.8, 4) is 0 Å². The second kappa shape index (κ2) is 7.27. The van der Waals surface area contributed by atoms with Gasteiger partial charge in [-0.3, -0.25) is 4.79 Å². The Balaban J connectivity index is 1.63. The molecule has 3 rings (SSSR count). The SMILES string of the molecule is Cc1ccc(C(CNC(=O)N2C[C@@H]3CCC[C@@]3(C(=O)O)C2)N(C)C)cc1. The number of urea groups is 1. The van der Waals surface area contributed by atoms with E-state index in [1.54, 1.807) is 4.90 Å². The van der Waals surface area contributed by atoms with Crippen LogP contribution in [0.1, 0.15) is 36.4 Å². The van der Waals surface area contributed by atoms with E-state index < -0.39 is 11.4 Å². The lowest BCUT2D eigenvalue weighted by Gasteiger charge is -2.27. The lowest BCUT2D eigenvalue weighted by atomic mass is 9.81. The first-order chi connectivity index (χ1) is 12.3. The zero-order valence-corrected chi connectivity index (χ0v) is 15.9. The molecule has 0 radical (unpaired) electrons. The van der Waals surface area contributed by atoms with Crippen LogP contribution in [-0.2, 0) is 4.79 Å². The van der Waals surface area contributed by atoms with E-state index in [9.17, 15) is 14.7 Å². The Morgan fingerprint density at radius 2 is 2.04 bits per heavy atom. The average molecular weight is 359 g/mol. The summed E-state index contributed by atoms with van der Waals surface area (Å²) in [6, 6.07) is 8.25. The predicted octanol–water partition coefficient (Wildman–Crippen LogP) is 2.49. The normalized spacial score (nSPS) is 26.0. The highest BCUT2D eigenvalue weighted by Gasteiger charge is 2.55. The second-order valence-corrected chi connectivity index (χ2v) is 8.01. The van der Waals surface area contributed by atoms with Gasteiger partial charge in [0.15, 0.2) is 0 Å². The molecule has 2 aliphatic rings. The van der Waals surface area contributed by atoms with E-state index in [1.807, 2.05) is 14.1 Å². The number of likely N-dealkylation sites (N-methyl/N-ethyl adjacent to an activating group) is 1. The molecule has 3 atom stereocenters. The first kappa shape index (κ1) is 18.7. The molecule has 1 aromatic carbocycles.